The van der Waals surface area contributed by atoms with Gasteiger partial charge in [-0.1, -0.05) is 24.3 Å². The number of amides is 1. The highest BCUT2D eigenvalue weighted by Gasteiger charge is 2.20. The van der Waals surface area contributed by atoms with Crippen LogP contribution < -0.4 is 0 Å². The fourth-order valence-electron chi connectivity index (χ4n) is 3.37. The first kappa shape index (κ1) is 17.9. The maximum Gasteiger partial charge on any atom is 0.255 e. The molecule has 0 fully saturated rings. The third kappa shape index (κ3) is 3.62. The first-order valence-electron chi connectivity index (χ1n) is 9.13. The number of nitrogens with zero attached hydrogens (tertiary/aromatic N) is 5. The molecule has 1 amide bonds. The number of pyridine rings is 2. The summed E-state index contributed by atoms with van der Waals surface area (Å²) in [6, 6.07) is 15.4. The van der Waals surface area contributed by atoms with Crippen LogP contribution in [0.1, 0.15) is 27.3 Å². The summed E-state index contributed by atoms with van der Waals surface area (Å²) in [4.78, 5) is 23.9. The van der Waals surface area contributed by atoms with Crippen LogP contribution in [0.4, 0.5) is 0 Å². The maximum atomic E-state index is 13.5. The smallest absolute Gasteiger partial charge is 0.255 e. The number of hydrogen-bond acceptors (Lipinski definition) is 4. The van der Waals surface area contributed by atoms with E-state index in [2.05, 4.69) is 15.1 Å². The van der Waals surface area contributed by atoms with Crippen LogP contribution in [0, 0.1) is 6.92 Å². The van der Waals surface area contributed by atoms with Crippen molar-refractivity contribution in [1.82, 2.24) is 24.6 Å². The number of hydrogen-bond donors (Lipinski definition) is 0. The van der Waals surface area contributed by atoms with Crippen molar-refractivity contribution in [1.29, 1.82) is 0 Å². The van der Waals surface area contributed by atoms with Gasteiger partial charge in [0, 0.05) is 37.6 Å². The lowest BCUT2D eigenvalue weighted by molar-refractivity contribution is 0.0728. The second kappa shape index (κ2) is 7.60. The molecule has 28 heavy (non-hydrogen) atoms. The highest BCUT2D eigenvalue weighted by atomic mass is 16.2. The molecule has 0 radical (unpaired) electrons. The largest absolute Gasteiger partial charge is 0.328 e. The van der Waals surface area contributed by atoms with E-state index in [1.165, 1.54) is 0 Å². The minimum atomic E-state index is -0.0405. The van der Waals surface area contributed by atoms with Crippen molar-refractivity contribution >= 4 is 16.8 Å². The molecule has 3 aromatic heterocycles. The Labute approximate surface area is 163 Å². The molecular weight excluding hydrogens is 350 g/mol. The topological polar surface area (TPSA) is 63.9 Å². The van der Waals surface area contributed by atoms with Crippen LogP contribution in [0.15, 0.2) is 67.1 Å². The molecule has 0 bridgehead atoms. The highest BCUT2D eigenvalue weighted by Crippen LogP contribution is 2.20. The molecule has 0 atom stereocenters. The normalized spacial score (nSPS) is 10.9. The molecule has 4 aromatic rings. The van der Waals surface area contributed by atoms with Gasteiger partial charge < -0.3 is 4.90 Å². The molecule has 0 saturated carbocycles. The first-order valence-corrected chi connectivity index (χ1v) is 9.13. The van der Waals surface area contributed by atoms with Crippen molar-refractivity contribution in [3.05, 3.63) is 89.6 Å². The van der Waals surface area contributed by atoms with Gasteiger partial charge in [0.1, 0.15) is 0 Å². The molecule has 0 aliphatic carbocycles. The molecule has 6 heteroatoms. The summed E-state index contributed by atoms with van der Waals surface area (Å²) < 4.78 is 1.82. The molecular formula is C22H21N5O. The second-order valence-corrected chi connectivity index (χ2v) is 6.80. The molecule has 0 spiro atoms. The Morgan fingerprint density at radius 2 is 1.93 bits per heavy atom. The van der Waals surface area contributed by atoms with Gasteiger partial charge in [0.05, 0.1) is 29.0 Å². The molecule has 0 aliphatic rings. The van der Waals surface area contributed by atoms with E-state index in [4.69, 9.17) is 0 Å². The summed E-state index contributed by atoms with van der Waals surface area (Å²) in [5.74, 6) is -0.0405. The van der Waals surface area contributed by atoms with Crippen molar-refractivity contribution in [2.45, 2.75) is 20.0 Å². The number of fused-ring (bicyclic) bond motifs is 1. The number of benzene rings is 1. The van der Waals surface area contributed by atoms with E-state index in [1.54, 1.807) is 24.7 Å². The number of aryl methyl sites for hydroxylation is 2. The third-order valence-corrected chi connectivity index (χ3v) is 4.71. The van der Waals surface area contributed by atoms with Crippen LogP contribution in [0.3, 0.4) is 0 Å². The summed E-state index contributed by atoms with van der Waals surface area (Å²) >= 11 is 0. The van der Waals surface area contributed by atoms with Gasteiger partial charge in [-0.05, 0) is 36.8 Å². The molecule has 140 valence electrons. The first-order chi connectivity index (χ1) is 13.6. The molecule has 0 N–H and O–H groups in total. The van der Waals surface area contributed by atoms with Crippen LogP contribution >= 0.6 is 0 Å². The number of aromatic nitrogens is 4. The van der Waals surface area contributed by atoms with Gasteiger partial charge in [0.25, 0.3) is 5.91 Å². The maximum absolute atomic E-state index is 13.5. The predicted octanol–water partition coefficient (Wildman–Crippen LogP) is 3.51. The third-order valence-electron chi connectivity index (χ3n) is 4.71. The van der Waals surface area contributed by atoms with E-state index in [1.807, 2.05) is 66.0 Å². The lowest BCUT2D eigenvalue weighted by Gasteiger charge is -2.23. The summed E-state index contributed by atoms with van der Waals surface area (Å²) in [6.45, 7) is 2.88. The second-order valence-electron chi connectivity index (χ2n) is 6.80. The lowest BCUT2D eigenvalue weighted by Crippen LogP contribution is -2.31. The van der Waals surface area contributed by atoms with Crippen LogP contribution in [0.2, 0.25) is 0 Å². The minimum Gasteiger partial charge on any atom is -0.328 e. The fourth-order valence-corrected chi connectivity index (χ4v) is 3.37. The Morgan fingerprint density at radius 3 is 2.68 bits per heavy atom. The summed E-state index contributed by atoms with van der Waals surface area (Å²) in [5, 5.41) is 5.26. The Kier molecular flexibility index (Phi) is 4.85. The van der Waals surface area contributed by atoms with E-state index in [9.17, 15) is 4.79 Å². The quantitative estimate of drug-likeness (QED) is 0.538. The van der Waals surface area contributed by atoms with Gasteiger partial charge in [-0.2, -0.15) is 5.10 Å². The van der Waals surface area contributed by atoms with E-state index >= 15 is 0 Å². The van der Waals surface area contributed by atoms with Crippen LogP contribution in [0.25, 0.3) is 10.9 Å². The average molecular weight is 371 g/mol. The number of para-hydroxylation sites is 1. The molecule has 0 aliphatic heterocycles. The number of carbonyl (C=O) groups excluding carboxylic acids is 1. The van der Waals surface area contributed by atoms with E-state index in [0.717, 1.165) is 27.9 Å². The fraction of sp³-hybridized carbons (Fsp3) is 0.182. The molecule has 6 nitrogen and oxygen atoms in total. The predicted molar refractivity (Wildman–Crippen MR) is 108 cm³/mol. The Morgan fingerprint density at radius 1 is 1.07 bits per heavy atom. The zero-order chi connectivity index (χ0) is 19.5. The average Bonchev–Trinajstić information content (AvgIpc) is 3.04. The van der Waals surface area contributed by atoms with Gasteiger partial charge in [-0.25, -0.2) is 0 Å². The zero-order valence-corrected chi connectivity index (χ0v) is 15.9. The number of carbonyl (C=O) groups is 1. The van der Waals surface area contributed by atoms with Crippen molar-refractivity contribution < 1.29 is 4.79 Å². The van der Waals surface area contributed by atoms with Crippen molar-refractivity contribution in [3.63, 3.8) is 0 Å². The summed E-state index contributed by atoms with van der Waals surface area (Å²) in [6.07, 6.45) is 5.21. The lowest BCUT2D eigenvalue weighted by atomic mass is 10.1. The Bertz CT molecular complexity index is 1110. The van der Waals surface area contributed by atoms with Crippen LogP contribution in [-0.2, 0) is 20.1 Å². The summed E-state index contributed by atoms with van der Waals surface area (Å²) in [5.41, 5.74) is 4.35. The molecule has 1 aromatic carbocycles. The van der Waals surface area contributed by atoms with Gasteiger partial charge in [-0.3, -0.25) is 19.4 Å². The van der Waals surface area contributed by atoms with Crippen LogP contribution in [-0.4, -0.2) is 30.6 Å². The van der Waals surface area contributed by atoms with Gasteiger partial charge >= 0.3 is 0 Å². The monoisotopic (exact) mass is 371 g/mol. The highest BCUT2D eigenvalue weighted by molar-refractivity contribution is 6.05. The Balaban J connectivity index is 1.73. The van der Waals surface area contributed by atoms with Gasteiger partial charge in [-0.15, -0.1) is 0 Å². The SMILES string of the molecule is Cc1cc(CN(Cc2cccnc2)C(=O)c2ccnc3ccccc23)n(C)n1. The summed E-state index contributed by atoms with van der Waals surface area (Å²) in [7, 11) is 1.90. The molecule has 0 saturated heterocycles. The standard InChI is InChI=1S/C22H21N5O/c1-16-12-18(26(2)25-16)15-27(14-17-6-5-10-23-13-17)22(28)20-9-11-24-21-8-4-3-7-19(20)21/h3-13H,14-15H2,1-2H3. The number of rotatable bonds is 5. The Hall–Kier alpha value is -3.54. The van der Waals surface area contributed by atoms with Gasteiger partial charge in [0.2, 0.25) is 0 Å². The van der Waals surface area contributed by atoms with E-state index < -0.39 is 0 Å². The molecule has 3 heterocycles. The van der Waals surface area contributed by atoms with E-state index in [-0.39, 0.29) is 5.91 Å². The molecule has 0 unspecified atom stereocenters. The van der Waals surface area contributed by atoms with Crippen molar-refractivity contribution in [2.75, 3.05) is 0 Å². The van der Waals surface area contributed by atoms with E-state index in [0.29, 0.717) is 18.7 Å². The van der Waals surface area contributed by atoms with Crippen molar-refractivity contribution in [3.8, 4) is 0 Å². The molecule has 4 rings (SSSR count). The minimum absolute atomic E-state index is 0.0405. The zero-order valence-electron chi connectivity index (χ0n) is 15.9. The van der Waals surface area contributed by atoms with Gasteiger partial charge in [0.15, 0.2) is 0 Å². The van der Waals surface area contributed by atoms with Crippen molar-refractivity contribution in [2.24, 2.45) is 7.05 Å². The van der Waals surface area contributed by atoms with Crippen LogP contribution in [0.5, 0.6) is 0 Å².